The number of ether oxygens (including phenoxy) is 2. The molecule has 0 saturated carbocycles. The lowest BCUT2D eigenvalue weighted by Gasteiger charge is -2.19. The van der Waals surface area contributed by atoms with Crippen molar-refractivity contribution in [2.45, 2.75) is 31.2 Å². The summed E-state index contributed by atoms with van der Waals surface area (Å²) < 4.78 is 11.1. The van der Waals surface area contributed by atoms with Gasteiger partial charge in [0.2, 0.25) is 5.91 Å². The number of rotatable bonds is 7. The summed E-state index contributed by atoms with van der Waals surface area (Å²) in [6.07, 6.45) is 0.185. The van der Waals surface area contributed by atoms with Crippen molar-refractivity contribution in [3.8, 4) is 34.8 Å². The van der Waals surface area contributed by atoms with Crippen LogP contribution in [0.4, 0.5) is 11.5 Å². The maximum Gasteiger partial charge on any atom is 0.225 e. The number of nitriles is 2. The highest BCUT2D eigenvalue weighted by Crippen LogP contribution is 2.36. The normalized spacial score (nSPS) is 12.0. The summed E-state index contributed by atoms with van der Waals surface area (Å²) in [5, 5.41) is 22.9. The minimum atomic E-state index is -0.191. The number of nitrogens with zero attached hydrogens (tertiary/aromatic N) is 3. The molecule has 1 aromatic heterocycles. The standard InChI is InChI=1S/C27H25N5O3S/c1-16(2)17-3-5-18(6-4-17)25-20(14-28)26(30)32-27(21(25)15-29)36-12-9-24(33)31-19-7-8-22-23(13-19)35-11-10-34-22/h3-8,13,16H,9-12H2,1-2H3,(H2,30,32)(H,31,33). The van der Waals surface area contributed by atoms with Crippen LogP contribution in [0.1, 0.15) is 42.9 Å². The number of fused-ring (bicyclic) bond motifs is 1. The van der Waals surface area contributed by atoms with Crippen molar-refractivity contribution in [2.75, 3.05) is 30.0 Å². The number of hydrogen-bond acceptors (Lipinski definition) is 8. The summed E-state index contributed by atoms with van der Waals surface area (Å²) in [6.45, 7) is 5.16. The molecule has 182 valence electrons. The van der Waals surface area contributed by atoms with E-state index in [0.29, 0.717) is 52.7 Å². The van der Waals surface area contributed by atoms with E-state index in [1.54, 1.807) is 18.2 Å². The van der Waals surface area contributed by atoms with Gasteiger partial charge in [-0.3, -0.25) is 4.79 Å². The van der Waals surface area contributed by atoms with Crippen LogP contribution in [0.3, 0.4) is 0 Å². The van der Waals surface area contributed by atoms with Crippen LogP contribution in [-0.4, -0.2) is 29.9 Å². The second-order valence-electron chi connectivity index (χ2n) is 8.43. The fraction of sp³-hybridized carbons (Fsp3) is 0.259. The Labute approximate surface area is 214 Å². The second kappa shape index (κ2) is 11.0. The maximum absolute atomic E-state index is 12.5. The molecule has 8 nitrogen and oxygen atoms in total. The van der Waals surface area contributed by atoms with Gasteiger partial charge in [-0.2, -0.15) is 10.5 Å². The summed E-state index contributed by atoms with van der Waals surface area (Å²) >= 11 is 1.26. The smallest absolute Gasteiger partial charge is 0.225 e. The molecule has 4 rings (SSSR count). The molecule has 0 atom stereocenters. The van der Waals surface area contributed by atoms with E-state index >= 15 is 0 Å². The van der Waals surface area contributed by atoms with E-state index in [9.17, 15) is 15.3 Å². The van der Waals surface area contributed by atoms with E-state index in [1.165, 1.54) is 11.8 Å². The number of hydrogen-bond donors (Lipinski definition) is 2. The van der Waals surface area contributed by atoms with Gasteiger partial charge in [-0.25, -0.2) is 4.98 Å². The van der Waals surface area contributed by atoms with Crippen molar-refractivity contribution in [1.29, 1.82) is 10.5 Å². The van der Waals surface area contributed by atoms with Crippen molar-refractivity contribution < 1.29 is 14.3 Å². The molecule has 0 radical (unpaired) electrons. The molecule has 0 unspecified atom stereocenters. The van der Waals surface area contributed by atoms with E-state index in [0.717, 1.165) is 11.1 Å². The van der Waals surface area contributed by atoms with E-state index < -0.39 is 0 Å². The Bertz CT molecular complexity index is 1370. The van der Waals surface area contributed by atoms with Gasteiger partial charge in [0, 0.05) is 29.5 Å². The van der Waals surface area contributed by atoms with Gasteiger partial charge < -0.3 is 20.5 Å². The zero-order valence-corrected chi connectivity index (χ0v) is 20.8. The first-order valence-corrected chi connectivity index (χ1v) is 12.5. The van der Waals surface area contributed by atoms with Crippen LogP contribution in [0.5, 0.6) is 11.5 Å². The van der Waals surface area contributed by atoms with Crippen molar-refractivity contribution in [3.05, 3.63) is 59.2 Å². The Morgan fingerprint density at radius 1 is 1.08 bits per heavy atom. The van der Waals surface area contributed by atoms with Crippen molar-refractivity contribution in [3.63, 3.8) is 0 Å². The van der Waals surface area contributed by atoms with Crippen LogP contribution in [0.25, 0.3) is 11.1 Å². The van der Waals surface area contributed by atoms with Gasteiger partial charge in [0.25, 0.3) is 0 Å². The van der Waals surface area contributed by atoms with E-state index in [2.05, 4.69) is 36.3 Å². The number of anilines is 2. The van der Waals surface area contributed by atoms with Crippen molar-refractivity contribution in [1.82, 2.24) is 4.98 Å². The first-order chi connectivity index (χ1) is 17.4. The molecule has 1 aliphatic rings. The highest BCUT2D eigenvalue weighted by atomic mass is 32.2. The number of carbonyl (C=O) groups is 1. The third-order valence-electron chi connectivity index (χ3n) is 5.68. The lowest BCUT2D eigenvalue weighted by atomic mass is 9.94. The molecule has 3 N–H and O–H groups in total. The third-order valence-corrected chi connectivity index (χ3v) is 6.65. The van der Waals surface area contributed by atoms with Crippen LogP contribution >= 0.6 is 11.8 Å². The highest BCUT2D eigenvalue weighted by Gasteiger charge is 2.21. The lowest BCUT2D eigenvalue weighted by Crippen LogP contribution is -2.16. The Balaban J connectivity index is 1.50. The topological polar surface area (TPSA) is 134 Å². The summed E-state index contributed by atoms with van der Waals surface area (Å²) in [4.78, 5) is 16.8. The largest absolute Gasteiger partial charge is 0.486 e. The van der Waals surface area contributed by atoms with Gasteiger partial charge in [0.05, 0.1) is 5.56 Å². The number of pyridine rings is 1. The van der Waals surface area contributed by atoms with Gasteiger partial charge in [-0.15, -0.1) is 11.8 Å². The fourth-order valence-electron chi connectivity index (χ4n) is 3.81. The first-order valence-electron chi connectivity index (χ1n) is 11.5. The molecule has 2 aromatic carbocycles. The number of thioether (sulfide) groups is 1. The minimum Gasteiger partial charge on any atom is -0.486 e. The lowest BCUT2D eigenvalue weighted by molar-refractivity contribution is -0.115. The van der Waals surface area contributed by atoms with Crippen LogP contribution in [0, 0.1) is 22.7 Å². The summed E-state index contributed by atoms with van der Waals surface area (Å²) in [6, 6.07) is 17.3. The highest BCUT2D eigenvalue weighted by molar-refractivity contribution is 7.99. The third kappa shape index (κ3) is 5.37. The Morgan fingerprint density at radius 3 is 2.44 bits per heavy atom. The molecule has 1 amide bonds. The number of nitrogen functional groups attached to an aromatic ring is 1. The summed E-state index contributed by atoms with van der Waals surface area (Å²) in [7, 11) is 0. The number of aromatic nitrogens is 1. The van der Waals surface area contributed by atoms with Crippen molar-refractivity contribution >= 4 is 29.2 Å². The van der Waals surface area contributed by atoms with Gasteiger partial charge >= 0.3 is 0 Å². The fourth-order valence-corrected chi connectivity index (χ4v) is 4.75. The molecular formula is C27H25N5O3S. The average Bonchev–Trinajstić information content (AvgIpc) is 2.88. The van der Waals surface area contributed by atoms with Gasteiger partial charge in [0.15, 0.2) is 11.5 Å². The molecule has 0 saturated heterocycles. The van der Waals surface area contributed by atoms with Crippen molar-refractivity contribution in [2.24, 2.45) is 0 Å². The molecule has 3 aromatic rings. The van der Waals surface area contributed by atoms with Crippen LogP contribution in [-0.2, 0) is 4.79 Å². The van der Waals surface area contributed by atoms with Gasteiger partial charge in [0.1, 0.15) is 41.8 Å². The SMILES string of the molecule is CC(C)c1ccc(-c2c(C#N)c(N)nc(SCCC(=O)Nc3ccc4c(c3)OCCO4)c2C#N)cc1. The first kappa shape index (κ1) is 24.9. The number of nitrogens with two attached hydrogens (primary N) is 1. The average molecular weight is 500 g/mol. The molecule has 0 fully saturated rings. The van der Waals surface area contributed by atoms with Gasteiger partial charge in [-0.1, -0.05) is 38.1 Å². The van der Waals surface area contributed by atoms with Gasteiger partial charge in [-0.05, 0) is 29.2 Å². The second-order valence-corrected chi connectivity index (χ2v) is 9.52. The molecule has 36 heavy (non-hydrogen) atoms. The zero-order valence-electron chi connectivity index (χ0n) is 20.0. The van der Waals surface area contributed by atoms with Crippen LogP contribution in [0.2, 0.25) is 0 Å². The number of amides is 1. The van der Waals surface area contributed by atoms with E-state index in [-0.39, 0.29) is 29.3 Å². The Morgan fingerprint density at radius 2 is 1.78 bits per heavy atom. The monoisotopic (exact) mass is 499 g/mol. The molecule has 1 aliphatic heterocycles. The molecule has 9 heteroatoms. The minimum absolute atomic E-state index is 0.0580. The number of benzene rings is 2. The molecule has 0 aliphatic carbocycles. The zero-order chi connectivity index (χ0) is 25.7. The number of nitrogens with one attached hydrogen (secondary N) is 1. The summed E-state index contributed by atoms with van der Waals surface area (Å²) in [5.41, 5.74) is 9.49. The Kier molecular flexibility index (Phi) is 7.62. The predicted molar refractivity (Wildman–Crippen MR) is 139 cm³/mol. The van der Waals surface area contributed by atoms with Crippen LogP contribution in [0.15, 0.2) is 47.5 Å². The molecule has 2 heterocycles. The maximum atomic E-state index is 12.5. The molecule has 0 spiro atoms. The molecular weight excluding hydrogens is 474 g/mol. The van der Waals surface area contributed by atoms with E-state index in [1.807, 2.05) is 24.3 Å². The predicted octanol–water partition coefficient (Wildman–Crippen LogP) is 5.09. The summed E-state index contributed by atoms with van der Waals surface area (Å²) in [5.74, 6) is 1.84. The Hall–Kier alpha value is -4.21. The van der Waals surface area contributed by atoms with Crippen LogP contribution < -0.4 is 20.5 Å². The number of carbonyl (C=O) groups excluding carboxylic acids is 1. The quantitative estimate of drug-likeness (QED) is 0.429. The van der Waals surface area contributed by atoms with E-state index in [4.69, 9.17) is 15.2 Å². The molecule has 0 bridgehead atoms.